The molecule has 1 N–H and O–H groups in total. The second-order valence-electron chi connectivity index (χ2n) is 5.44. The van der Waals surface area contributed by atoms with Gasteiger partial charge in [-0.1, -0.05) is 0 Å². The van der Waals surface area contributed by atoms with Gasteiger partial charge in [-0.15, -0.1) is 0 Å². The van der Waals surface area contributed by atoms with Gasteiger partial charge in [-0.3, -0.25) is 0 Å². The molecule has 0 saturated carbocycles. The van der Waals surface area contributed by atoms with Gasteiger partial charge in [-0.25, -0.2) is 0 Å². The summed E-state index contributed by atoms with van der Waals surface area (Å²) in [6, 6.07) is 12.3. The van der Waals surface area contributed by atoms with E-state index < -0.39 is 27.4 Å². The van der Waals surface area contributed by atoms with Crippen molar-refractivity contribution >= 4 is 38.3 Å². The van der Waals surface area contributed by atoms with E-state index in [9.17, 15) is 4.79 Å². The minimum atomic E-state index is -2.14. The van der Waals surface area contributed by atoms with Gasteiger partial charge in [0.05, 0.1) is 0 Å². The van der Waals surface area contributed by atoms with Crippen molar-refractivity contribution in [2.45, 2.75) is 17.5 Å². The summed E-state index contributed by atoms with van der Waals surface area (Å²) in [4.78, 5) is 15.6. The number of carboxylic acid groups (broad SMARTS) is 1. The molecule has 0 bridgehead atoms. The molecule has 0 atom stereocenters. The van der Waals surface area contributed by atoms with Crippen LogP contribution in [-0.2, 0) is 11.2 Å². The van der Waals surface area contributed by atoms with Gasteiger partial charge in [-0.2, -0.15) is 0 Å². The zero-order chi connectivity index (χ0) is 14.8. The third-order valence-corrected chi connectivity index (χ3v) is 12.4. The fraction of sp³-hybridized carbons (Fsp3) is 0.176. The number of allylic oxidation sites excluding steroid dienone is 3. The molecule has 0 fully saturated rings. The minimum absolute atomic E-state index is 0.374. The van der Waals surface area contributed by atoms with Crippen molar-refractivity contribution in [2.75, 3.05) is 0 Å². The zero-order valence-electron chi connectivity index (χ0n) is 11.9. The van der Waals surface area contributed by atoms with Gasteiger partial charge in [0, 0.05) is 0 Å². The van der Waals surface area contributed by atoms with Crippen LogP contribution in [0.3, 0.4) is 0 Å². The Bertz CT molecular complexity index is 764. The van der Waals surface area contributed by atoms with Crippen LogP contribution in [0.1, 0.15) is 12.6 Å². The number of pyridine rings is 1. The van der Waals surface area contributed by atoms with Gasteiger partial charge >= 0.3 is 132 Å². The van der Waals surface area contributed by atoms with Crippen molar-refractivity contribution in [1.29, 1.82) is 0 Å². The van der Waals surface area contributed by atoms with Crippen molar-refractivity contribution in [3.63, 3.8) is 0 Å². The summed E-state index contributed by atoms with van der Waals surface area (Å²) in [7, 11) is 0. The van der Waals surface area contributed by atoms with E-state index in [2.05, 4.69) is 35.0 Å². The van der Waals surface area contributed by atoms with E-state index in [4.69, 9.17) is 10.1 Å². The van der Waals surface area contributed by atoms with Crippen LogP contribution >= 0.6 is 0 Å². The molecule has 1 aromatic carbocycles. The number of benzene rings is 1. The molecule has 2 heterocycles. The molecule has 2 aromatic rings. The van der Waals surface area contributed by atoms with E-state index in [1.807, 2.05) is 18.2 Å². The van der Waals surface area contributed by atoms with Crippen LogP contribution in [0.2, 0.25) is 4.18 Å². The number of fused-ring (bicyclic) bond motifs is 1. The van der Waals surface area contributed by atoms with E-state index >= 15 is 0 Å². The van der Waals surface area contributed by atoms with Crippen LogP contribution < -0.4 is 0 Å². The van der Waals surface area contributed by atoms with Gasteiger partial charge in [0.25, 0.3) is 0 Å². The Morgan fingerprint density at radius 1 is 1.24 bits per heavy atom. The van der Waals surface area contributed by atoms with Gasteiger partial charge in [0.2, 0.25) is 0 Å². The fourth-order valence-electron chi connectivity index (χ4n) is 2.76. The van der Waals surface area contributed by atoms with Crippen molar-refractivity contribution in [3.05, 3.63) is 60.9 Å². The Hall–Kier alpha value is -1.55. The standard InChI is InChI=1S/C15H13N.C2H3O2.In/c1-3-12(4-2)11-14-10-9-13-7-5-6-8-15(13)16-14;1-2(3)4;/h1,3,5-10H,11H2,2H3;1H2,(H,3,4);. The Balaban J connectivity index is 1.83. The maximum atomic E-state index is 10.9. The second kappa shape index (κ2) is 6.06. The number of nitrogens with zero attached hydrogens (tertiary/aromatic N) is 1. The molecule has 21 heavy (non-hydrogen) atoms. The van der Waals surface area contributed by atoms with Gasteiger partial charge in [-0.05, 0) is 0 Å². The van der Waals surface area contributed by atoms with Crippen LogP contribution in [-0.4, -0.2) is 37.5 Å². The molecule has 0 aliphatic carbocycles. The average molecular weight is 381 g/mol. The average Bonchev–Trinajstić information content (AvgIpc) is 2.80. The van der Waals surface area contributed by atoms with Crippen LogP contribution in [0.25, 0.3) is 10.9 Å². The molecule has 0 spiro atoms. The first-order valence-corrected chi connectivity index (χ1v) is 13.0. The molecule has 4 heteroatoms. The summed E-state index contributed by atoms with van der Waals surface area (Å²) in [6.07, 6.45) is 2.94. The molecule has 1 aliphatic rings. The number of para-hydroxylation sites is 1. The van der Waals surface area contributed by atoms with E-state index in [1.54, 1.807) is 0 Å². The monoisotopic (exact) mass is 381 g/mol. The summed E-state index contributed by atoms with van der Waals surface area (Å²) in [5.74, 6) is -0.662. The molecular weight excluding hydrogens is 365 g/mol. The van der Waals surface area contributed by atoms with Crippen LogP contribution in [0.5, 0.6) is 0 Å². The van der Waals surface area contributed by atoms with Crippen LogP contribution in [0.4, 0.5) is 0 Å². The number of aliphatic carboxylic acids is 1. The first-order valence-electron chi connectivity index (χ1n) is 7.08. The van der Waals surface area contributed by atoms with Crippen molar-refractivity contribution < 1.29 is 9.90 Å². The second-order valence-corrected chi connectivity index (χ2v) is 13.6. The number of carboxylic acids is 1. The normalized spacial score (nSPS) is 14.2. The van der Waals surface area contributed by atoms with Crippen LogP contribution in [0.15, 0.2) is 55.2 Å². The van der Waals surface area contributed by atoms with E-state index in [1.165, 1.54) is 8.90 Å². The van der Waals surface area contributed by atoms with E-state index in [0.717, 1.165) is 23.0 Å². The Morgan fingerprint density at radius 2 is 2.05 bits per heavy atom. The topological polar surface area (TPSA) is 50.2 Å². The number of carbonyl (C=O) groups is 1. The number of rotatable bonds is 4. The molecule has 0 saturated heterocycles. The molecule has 3 nitrogen and oxygen atoms in total. The Labute approximate surface area is 131 Å². The van der Waals surface area contributed by atoms with Gasteiger partial charge < -0.3 is 0 Å². The number of hydrogen-bond donors (Lipinski definition) is 1. The molecule has 1 aromatic heterocycles. The predicted octanol–water partition coefficient (Wildman–Crippen LogP) is 3.32. The molecule has 0 radical (unpaired) electrons. The van der Waals surface area contributed by atoms with Crippen molar-refractivity contribution in [1.82, 2.24) is 4.98 Å². The third-order valence-electron chi connectivity index (χ3n) is 4.01. The summed E-state index contributed by atoms with van der Waals surface area (Å²) in [6.45, 7) is 2.11. The third kappa shape index (κ3) is 3.21. The molecular formula is C17H16InNO2. The molecule has 104 valence electrons. The summed E-state index contributed by atoms with van der Waals surface area (Å²) >= 11 is -2.14. The molecule has 0 amide bonds. The van der Waals surface area contributed by atoms with Crippen molar-refractivity contribution in [3.8, 4) is 0 Å². The van der Waals surface area contributed by atoms with Crippen molar-refractivity contribution in [2.24, 2.45) is 0 Å². The summed E-state index contributed by atoms with van der Waals surface area (Å²) in [5, 5.41) is 10.1. The zero-order valence-corrected chi connectivity index (χ0v) is 15.2. The van der Waals surface area contributed by atoms with E-state index in [-0.39, 0.29) is 0 Å². The first kappa shape index (κ1) is 14.4. The van der Waals surface area contributed by atoms with Gasteiger partial charge in [0.15, 0.2) is 0 Å². The Morgan fingerprint density at radius 3 is 2.86 bits per heavy atom. The van der Waals surface area contributed by atoms with Gasteiger partial charge in [0.1, 0.15) is 0 Å². The quantitative estimate of drug-likeness (QED) is 0.884. The first-order chi connectivity index (χ1) is 10.1. The fourth-order valence-corrected chi connectivity index (χ4v) is 9.17. The maximum absolute atomic E-state index is 10.9. The molecule has 0 unspecified atom stereocenters. The summed E-state index contributed by atoms with van der Waals surface area (Å²) in [5.41, 5.74) is 3.34. The number of aromatic nitrogens is 1. The van der Waals surface area contributed by atoms with Crippen LogP contribution in [0, 0.1) is 0 Å². The molecule has 1 aliphatic heterocycles. The summed E-state index contributed by atoms with van der Waals surface area (Å²) < 4.78 is 3.93. The van der Waals surface area contributed by atoms with E-state index in [0.29, 0.717) is 4.18 Å². The Kier molecular flexibility index (Phi) is 4.15. The predicted molar refractivity (Wildman–Crippen MR) is 85.5 cm³/mol. The molecule has 3 rings (SSSR count). The SMILES string of the molecule is C[C]1=C(Cc2ccc3ccccc3n2)C=[CH][In]1[CH2]C(=O)O. The number of hydrogen-bond acceptors (Lipinski definition) is 2.